The van der Waals surface area contributed by atoms with Crippen LogP contribution in [-0.4, -0.2) is 11.8 Å². The Hall–Kier alpha value is -2.63. The van der Waals surface area contributed by atoms with Crippen LogP contribution in [0.1, 0.15) is 26.4 Å². The fraction of sp³-hybridized carbons (Fsp3) is 0.100. The van der Waals surface area contributed by atoms with Gasteiger partial charge in [-0.2, -0.15) is 0 Å². The van der Waals surface area contributed by atoms with Crippen LogP contribution in [0.25, 0.3) is 0 Å². The standard InChI is InChI=1S/C20H17ClN2O2S/c21-17-9-5-4-8-14(17)11-18(24)23-20-16(19(22)25)12-15(26-20)10-13-6-2-1-3-7-13/h1-9,12H,10-11H2,(H2,22,25)(H,23,24). The minimum Gasteiger partial charge on any atom is -0.366 e. The largest absolute Gasteiger partial charge is 0.366 e. The predicted octanol–water partition coefficient (Wildman–Crippen LogP) is 4.27. The van der Waals surface area contributed by atoms with E-state index < -0.39 is 5.91 Å². The van der Waals surface area contributed by atoms with Crippen molar-refractivity contribution in [1.29, 1.82) is 0 Å². The van der Waals surface area contributed by atoms with E-state index in [1.807, 2.05) is 42.5 Å². The van der Waals surface area contributed by atoms with Gasteiger partial charge in [-0.3, -0.25) is 9.59 Å². The molecule has 0 saturated carbocycles. The lowest BCUT2D eigenvalue weighted by Crippen LogP contribution is -2.18. The maximum atomic E-state index is 12.4. The molecule has 1 aromatic heterocycles. The lowest BCUT2D eigenvalue weighted by atomic mass is 10.1. The molecule has 26 heavy (non-hydrogen) atoms. The monoisotopic (exact) mass is 384 g/mol. The number of amides is 2. The summed E-state index contributed by atoms with van der Waals surface area (Å²) in [5, 5.41) is 3.80. The van der Waals surface area contributed by atoms with Crippen molar-refractivity contribution in [3.8, 4) is 0 Å². The molecule has 0 saturated heterocycles. The van der Waals surface area contributed by atoms with Crippen molar-refractivity contribution in [2.45, 2.75) is 12.8 Å². The first-order chi connectivity index (χ1) is 12.5. The van der Waals surface area contributed by atoms with Crippen molar-refractivity contribution in [3.05, 3.63) is 87.3 Å². The Kier molecular flexibility index (Phi) is 5.71. The Morgan fingerprint density at radius 3 is 2.42 bits per heavy atom. The Morgan fingerprint density at radius 1 is 1.04 bits per heavy atom. The summed E-state index contributed by atoms with van der Waals surface area (Å²) in [7, 11) is 0. The van der Waals surface area contributed by atoms with Crippen LogP contribution in [0.2, 0.25) is 5.02 Å². The molecule has 0 spiro atoms. The molecular formula is C20H17ClN2O2S. The van der Waals surface area contributed by atoms with Crippen molar-refractivity contribution in [2.75, 3.05) is 5.32 Å². The zero-order valence-electron chi connectivity index (χ0n) is 13.9. The highest BCUT2D eigenvalue weighted by molar-refractivity contribution is 7.16. The molecule has 3 N–H and O–H groups in total. The van der Waals surface area contributed by atoms with Gasteiger partial charge in [0.1, 0.15) is 5.00 Å². The average molecular weight is 385 g/mol. The van der Waals surface area contributed by atoms with Crippen LogP contribution in [-0.2, 0) is 17.6 Å². The third-order valence-electron chi connectivity index (χ3n) is 3.83. The van der Waals surface area contributed by atoms with Crippen molar-refractivity contribution in [3.63, 3.8) is 0 Å². The second-order valence-corrected chi connectivity index (χ2v) is 7.34. The van der Waals surface area contributed by atoms with Gasteiger partial charge in [-0.25, -0.2) is 0 Å². The summed E-state index contributed by atoms with van der Waals surface area (Å²) in [6, 6.07) is 18.8. The molecule has 3 aromatic rings. The first kappa shape index (κ1) is 18.2. The maximum Gasteiger partial charge on any atom is 0.251 e. The number of thiophene rings is 1. The Morgan fingerprint density at radius 2 is 1.73 bits per heavy atom. The van der Waals surface area contributed by atoms with E-state index in [1.54, 1.807) is 18.2 Å². The van der Waals surface area contributed by atoms with Crippen LogP contribution >= 0.6 is 22.9 Å². The topological polar surface area (TPSA) is 72.2 Å². The SMILES string of the molecule is NC(=O)c1cc(Cc2ccccc2)sc1NC(=O)Cc1ccccc1Cl. The van der Waals surface area contributed by atoms with Gasteiger partial charge in [0.05, 0.1) is 12.0 Å². The maximum absolute atomic E-state index is 12.4. The molecule has 0 fully saturated rings. The molecule has 2 aromatic carbocycles. The van der Waals surface area contributed by atoms with Crippen LogP contribution in [0.4, 0.5) is 5.00 Å². The van der Waals surface area contributed by atoms with E-state index in [1.165, 1.54) is 11.3 Å². The van der Waals surface area contributed by atoms with Gasteiger partial charge in [-0.15, -0.1) is 11.3 Å². The molecular weight excluding hydrogens is 368 g/mol. The third kappa shape index (κ3) is 4.50. The lowest BCUT2D eigenvalue weighted by Gasteiger charge is -2.06. The number of anilines is 1. The summed E-state index contributed by atoms with van der Waals surface area (Å²) >= 11 is 7.46. The van der Waals surface area contributed by atoms with Crippen LogP contribution in [0, 0.1) is 0 Å². The molecule has 0 unspecified atom stereocenters. The highest BCUT2D eigenvalue weighted by atomic mass is 35.5. The molecule has 0 atom stereocenters. The van der Waals surface area contributed by atoms with Crippen molar-refractivity contribution < 1.29 is 9.59 Å². The number of halogens is 1. The van der Waals surface area contributed by atoms with E-state index in [9.17, 15) is 9.59 Å². The van der Waals surface area contributed by atoms with Gasteiger partial charge in [0.2, 0.25) is 5.91 Å². The summed E-state index contributed by atoms with van der Waals surface area (Å²) in [4.78, 5) is 25.1. The quantitative estimate of drug-likeness (QED) is 0.666. The fourth-order valence-corrected chi connectivity index (χ4v) is 3.90. The van der Waals surface area contributed by atoms with E-state index in [2.05, 4.69) is 5.32 Å². The van der Waals surface area contributed by atoms with Gasteiger partial charge in [-0.1, -0.05) is 60.1 Å². The highest BCUT2D eigenvalue weighted by Gasteiger charge is 2.17. The first-order valence-corrected chi connectivity index (χ1v) is 9.22. The van der Waals surface area contributed by atoms with Crippen molar-refractivity contribution >= 4 is 39.8 Å². The number of nitrogens with one attached hydrogen (secondary N) is 1. The van der Waals surface area contributed by atoms with E-state index in [-0.39, 0.29) is 12.3 Å². The van der Waals surface area contributed by atoms with Gasteiger partial charge in [0.15, 0.2) is 0 Å². The molecule has 0 bridgehead atoms. The van der Waals surface area contributed by atoms with Gasteiger partial charge >= 0.3 is 0 Å². The molecule has 132 valence electrons. The molecule has 4 nitrogen and oxygen atoms in total. The molecule has 0 aliphatic rings. The zero-order valence-corrected chi connectivity index (χ0v) is 15.4. The Balaban J connectivity index is 1.77. The molecule has 0 aliphatic carbocycles. The number of hydrogen-bond acceptors (Lipinski definition) is 3. The van der Waals surface area contributed by atoms with Crippen molar-refractivity contribution in [2.24, 2.45) is 5.73 Å². The second-order valence-electron chi connectivity index (χ2n) is 5.80. The molecule has 6 heteroatoms. The van der Waals surface area contributed by atoms with Crippen LogP contribution in [0.3, 0.4) is 0 Å². The Labute approximate surface area is 160 Å². The molecule has 2 amide bonds. The summed E-state index contributed by atoms with van der Waals surface area (Å²) in [6.07, 6.45) is 0.802. The zero-order chi connectivity index (χ0) is 18.5. The van der Waals surface area contributed by atoms with E-state index in [4.69, 9.17) is 17.3 Å². The first-order valence-electron chi connectivity index (χ1n) is 8.02. The fourth-order valence-electron chi connectivity index (χ4n) is 2.59. The third-order valence-corrected chi connectivity index (χ3v) is 5.25. The molecule has 3 rings (SSSR count). The van der Waals surface area contributed by atoms with Crippen LogP contribution in [0.5, 0.6) is 0 Å². The number of primary amides is 1. The van der Waals surface area contributed by atoms with E-state index >= 15 is 0 Å². The summed E-state index contributed by atoms with van der Waals surface area (Å²) < 4.78 is 0. The molecule has 0 radical (unpaired) electrons. The van der Waals surface area contributed by atoms with E-state index in [0.29, 0.717) is 22.0 Å². The highest BCUT2D eigenvalue weighted by Crippen LogP contribution is 2.30. The average Bonchev–Trinajstić information content (AvgIpc) is 3.00. The predicted molar refractivity (Wildman–Crippen MR) is 106 cm³/mol. The number of carbonyl (C=O) groups excluding carboxylic acids is 2. The number of rotatable bonds is 6. The summed E-state index contributed by atoms with van der Waals surface area (Å²) in [5.74, 6) is -0.803. The van der Waals surface area contributed by atoms with Crippen LogP contribution < -0.4 is 11.1 Å². The lowest BCUT2D eigenvalue weighted by molar-refractivity contribution is -0.115. The number of benzene rings is 2. The van der Waals surface area contributed by atoms with Gasteiger partial charge in [0, 0.05) is 16.3 Å². The number of nitrogens with two attached hydrogens (primary N) is 1. The summed E-state index contributed by atoms with van der Waals surface area (Å²) in [6.45, 7) is 0. The van der Waals surface area contributed by atoms with Crippen LogP contribution in [0.15, 0.2) is 60.7 Å². The second kappa shape index (κ2) is 8.17. The minimum absolute atomic E-state index is 0.129. The minimum atomic E-state index is -0.561. The number of carbonyl (C=O) groups is 2. The normalized spacial score (nSPS) is 10.5. The molecule has 1 heterocycles. The molecule has 0 aliphatic heterocycles. The smallest absolute Gasteiger partial charge is 0.251 e. The van der Waals surface area contributed by atoms with E-state index in [0.717, 1.165) is 16.0 Å². The Bertz CT molecular complexity index is 938. The number of hydrogen-bond donors (Lipinski definition) is 2. The van der Waals surface area contributed by atoms with Gasteiger partial charge in [0.25, 0.3) is 5.91 Å². The summed E-state index contributed by atoms with van der Waals surface area (Å²) in [5.41, 5.74) is 7.65. The van der Waals surface area contributed by atoms with Crippen molar-refractivity contribution in [1.82, 2.24) is 0 Å². The van der Waals surface area contributed by atoms with Gasteiger partial charge < -0.3 is 11.1 Å². The van der Waals surface area contributed by atoms with Gasteiger partial charge in [-0.05, 0) is 23.3 Å².